The summed E-state index contributed by atoms with van der Waals surface area (Å²) in [7, 11) is 0. The van der Waals surface area contributed by atoms with E-state index in [1.54, 1.807) is 34.0 Å². The summed E-state index contributed by atoms with van der Waals surface area (Å²) in [5.74, 6) is 1.16. The van der Waals surface area contributed by atoms with E-state index in [-0.39, 0.29) is 17.6 Å². The van der Waals surface area contributed by atoms with Gasteiger partial charge in [-0.2, -0.15) is 0 Å². The van der Waals surface area contributed by atoms with E-state index < -0.39 is 4.92 Å². The highest BCUT2D eigenvalue weighted by Gasteiger charge is 2.32. The fourth-order valence-corrected chi connectivity index (χ4v) is 4.21. The standard InChI is InChI=1S/C22H20N4O5/c27-22(16-3-5-18(19(12-16)26(28)29)24-9-7-23-14-24)25-8-1-2-17(25)15-4-6-20-21(13-15)31-11-10-30-20/h3-7,9,12-14,17H,1-2,8,10-11H2. The second-order valence-electron chi connectivity index (χ2n) is 7.49. The van der Waals surface area contributed by atoms with Gasteiger partial charge in [-0.3, -0.25) is 14.9 Å². The van der Waals surface area contributed by atoms with Gasteiger partial charge in [-0.15, -0.1) is 0 Å². The molecule has 9 heteroatoms. The molecule has 5 rings (SSSR count). The number of carbonyl (C=O) groups excluding carboxylic acids is 1. The van der Waals surface area contributed by atoms with Gasteiger partial charge in [0.05, 0.1) is 17.3 Å². The number of nitrogens with zero attached hydrogens (tertiary/aromatic N) is 4. The number of amides is 1. The van der Waals surface area contributed by atoms with Crippen molar-refractivity contribution in [2.45, 2.75) is 18.9 Å². The Morgan fingerprint density at radius 1 is 1.13 bits per heavy atom. The molecule has 1 saturated heterocycles. The molecule has 3 heterocycles. The summed E-state index contributed by atoms with van der Waals surface area (Å²) in [6.07, 6.45) is 6.34. The Morgan fingerprint density at radius 2 is 1.97 bits per heavy atom. The molecule has 158 valence electrons. The molecule has 1 atom stereocenters. The number of imidazole rings is 1. The molecule has 1 aromatic heterocycles. The Bertz CT molecular complexity index is 1140. The summed E-state index contributed by atoms with van der Waals surface area (Å²) in [6.45, 7) is 1.61. The molecule has 1 fully saturated rings. The average molecular weight is 420 g/mol. The lowest BCUT2D eigenvalue weighted by atomic mass is 10.0. The van der Waals surface area contributed by atoms with E-state index in [2.05, 4.69) is 4.98 Å². The smallest absolute Gasteiger partial charge is 0.294 e. The van der Waals surface area contributed by atoms with E-state index in [0.29, 0.717) is 42.5 Å². The summed E-state index contributed by atoms with van der Waals surface area (Å²) in [5.41, 5.74) is 1.49. The van der Waals surface area contributed by atoms with Crippen LogP contribution in [0.3, 0.4) is 0 Å². The van der Waals surface area contributed by atoms with Gasteiger partial charge in [0.2, 0.25) is 0 Å². The Balaban J connectivity index is 1.45. The number of hydrogen-bond acceptors (Lipinski definition) is 6. The van der Waals surface area contributed by atoms with Crippen LogP contribution >= 0.6 is 0 Å². The SMILES string of the molecule is O=C(c1ccc(-n2ccnc2)c([N+](=O)[O-])c1)N1CCCC1c1ccc2c(c1)OCCO2. The lowest BCUT2D eigenvalue weighted by molar-refractivity contribution is -0.384. The summed E-state index contributed by atoms with van der Waals surface area (Å²) < 4.78 is 12.8. The van der Waals surface area contributed by atoms with E-state index in [1.807, 2.05) is 18.2 Å². The predicted molar refractivity (Wildman–Crippen MR) is 111 cm³/mol. The fraction of sp³-hybridized carbons (Fsp3) is 0.273. The Labute approximate surface area is 178 Å². The number of rotatable bonds is 4. The first kappa shape index (κ1) is 19.1. The van der Waals surface area contributed by atoms with Crippen LogP contribution in [0.25, 0.3) is 5.69 Å². The first-order valence-electron chi connectivity index (χ1n) is 10.1. The summed E-state index contributed by atoms with van der Waals surface area (Å²) >= 11 is 0. The Hall–Kier alpha value is -3.88. The largest absolute Gasteiger partial charge is 0.486 e. The van der Waals surface area contributed by atoms with E-state index in [1.165, 1.54) is 12.4 Å². The minimum atomic E-state index is -0.478. The number of nitro groups is 1. The third-order valence-corrected chi connectivity index (χ3v) is 5.67. The van der Waals surface area contributed by atoms with Crippen molar-refractivity contribution in [3.63, 3.8) is 0 Å². The zero-order valence-corrected chi connectivity index (χ0v) is 16.6. The van der Waals surface area contributed by atoms with Crippen LogP contribution in [0, 0.1) is 10.1 Å². The maximum absolute atomic E-state index is 13.3. The van der Waals surface area contributed by atoms with Crippen molar-refractivity contribution in [3.8, 4) is 17.2 Å². The summed E-state index contributed by atoms with van der Waals surface area (Å²) in [4.78, 5) is 30.2. The second kappa shape index (κ2) is 7.75. The van der Waals surface area contributed by atoms with Gasteiger partial charge in [-0.05, 0) is 42.7 Å². The highest BCUT2D eigenvalue weighted by molar-refractivity contribution is 5.96. The van der Waals surface area contributed by atoms with Gasteiger partial charge in [-0.25, -0.2) is 4.98 Å². The van der Waals surface area contributed by atoms with Gasteiger partial charge in [0.25, 0.3) is 11.6 Å². The number of aromatic nitrogens is 2. The third-order valence-electron chi connectivity index (χ3n) is 5.67. The molecule has 0 radical (unpaired) electrons. The van der Waals surface area contributed by atoms with Crippen LogP contribution in [-0.4, -0.2) is 45.0 Å². The van der Waals surface area contributed by atoms with E-state index in [4.69, 9.17) is 9.47 Å². The lowest BCUT2D eigenvalue weighted by Gasteiger charge is -2.27. The number of ether oxygens (including phenoxy) is 2. The molecular formula is C22H20N4O5. The number of nitro benzene ring substituents is 1. The zero-order chi connectivity index (χ0) is 21.4. The maximum Gasteiger partial charge on any atom is 0.294 e. The van der Waals surface area contributed by atoms with Crippen molar-refractivity contribution in [1.29, 1.82) is 0 Å². The normalized spacial score (nSPS) is 17.5. The number of hydrogen-bond donors (Lipinski definition) is 0. The molecule has 1 unspecified atom stereocenters. The maximum atomic E-state index is 13.3. The molecule has 0 saturated carbocycles. The number of fused-ring (bicyclic) bond motifs is 1. The highest BCUT2D eigenvalue weighted by Crippen LogP contribution is 2.39. The Kier molecular flexibility index (Phi) is 4.78. The average Bonchev–Trinajstić information content (AvgIpc) is 3.50. The lowest BCUT2D eigenvalue weighted by Crippen LogP contribution is -2.30. The van der Waals surface area contributed by atoms with Gasteiger partial charge in [0, 0.05) is 30.6 Å². The molecule has 0 spiro atoms. The molecule has 2 aromatic carbocycles. The van der Waals surface area contributed by atoms with Crippen LogP contribution in [0.2, 0.25) is 0 Å². The minimum absolute atomic E-state index is 0.115. The van der Waals surface area contributed by atoms with Crippen molar-refractivity contribution in [2.75, 3.05) is 19.8 Å². The number of likely N-dealkylation sites (tertiary alicyclic amines) is 1. The second-order valence-corrected chi connectivity index (χ2v) is 7.49. The molecule has 31 heavy (non-hydrogen) atoms. The summed E-state index contributed by atoms with van der Waals surface area (Å²) in [6, 6.07) is 10.2. The van der Waals surface area contributed by atoms with Gasteiger partial charge >= 0.3 is 0 Å². The van der Waals surface area contributed by atoms with Crippen LogP contribution in [0.4, 0.5) is 5.69 Å². The first-order chi connectivity index (χ1) is 15.1. The van der Waals surface area contributed by atoms with Crippen molar-refractivity contribution < 1.29 is 19.2 Å². The first-order valence-corrected chi connectivity index (χ1v) is 10.1. The topological polar surface area (TPSA) is 99.7 Å². The molecule has 2 aliphatic rings. The molecular weight excluding hydrogens is 400 g/mol. The number of benzene rings is 2. The molecule has 9 nitrogen and oxygen atoms in total. The number of carbonyl (C=O) groups is 1. The predicted octanol–water partition coefficient (Wildman–Crippen LogP) is 3.53. The van der Waals surface area contributed by atoms with Gasteiger partial charge in [-0.1, -0.05) is 6.07 Å². The quantitative estimate of drug-likeness (QED) is 0.473. The van der Waals surface area contributed by atoms with Crippen molar-refractivity contribution in [3.05, 3.63) is 76.4 Å². The van der Waals surface area contributed by atoms with Crippen LogP contribution in [0.15, 0.2) is 55.1 Å². The monoisotopic (exact) mass is 420 g/mol. The van der Waals surface area contributed by atoms with Crippen molar-refractivity contribution in [1.82, 2.24) is 14.5 Å². The molecule has 0 aliphatic carbocycles. The zero-order valence-electron chi connectivity index (χ0n) is 16.6. The van der Waals surface area contributed by atoms with Crippen molar-refractivity contribution in [2.24, 2.45) is 0 Å². The van der Waals surface area contributed by atoms with Gasteiger partial charge < -0.3 is 18.9 Å². The molecule has 0 N–H and O–H groups in total. The molecule has 3 aromatic rings. The summed E-state index contributed by atoms with van der Waals surface area (Å²) in [5, 5.41) is 11.7. The van der Waals surface area contributed by atoms with E-state index >= 15 is 0 Å². The van der Waals surface area contributed by atoms with E-state index in [0.717, 1.165) is 18.4 Å². The van der Waals surface area contributed by atoms with Crippen LogP contribution in [0.5, 0.6) is 11.5 Å². The highest BCUT2D eigenvalue weighted by atomic mass is 16.6. The van der Waals surface area contributed by atoms with Gasteiger partial charge in [0.1, 0.15) is 18.9 Å². The van der Waals surface area contributed by atoms with Gasteiger partial charge in [0.15, 0.2) is 11.5 Å². The molecule has 0 bridgehead atoms. The molecule has 2 aliphatic heterocycles. The van der Waals surface area contributed by atoms with Crippen LogP contribution in [0.1, 0.15) is 34.8 Å². The van der Waals surface area contributed by atoms with Crippen molar-refractivity contribution >= 4 is 11.6 Å². The third kappa shape index (κ3) is 3.48. The minimum Gasteiger partial charge on any atom is -0.486 e. The molecule has 1 amide bonds. The van der Waals surface area contributed by atoms with Crippen LogP contribution in [-0.2, 0) is 0 Å². The van der Waals surface area contributed by atoms with E-state index in [9.17, 15) is 14.9 Å². The Morgan fingerprint density at radius 3 is 2.74 bits per heavy atom. The van der Waals surface area contributed by atoms with Crippen LogP contribution < -0.4 is 9.47 Å². The fourth-order valence-electron chi connectivity index (χ4n) is 4.21.